The molecule has 0 saturated heterocycles. The molecule has 6 nitrogen and oxygen atoms in total. The van der Waals surface area contributed by atoms with Crippen molar-refractivity contribution in [3.8, 4) is 0 Å². The SMILES string of the molecule is Cc1ccc2c(c1F)[C@]1(CC1F)CN(CC(=O)Nc1ncc(F)cn1)C2=O.[HH]. The molecule has 2 atom stereocenters. The largest absolute Gasteiger partial charge is 0.328 e. The Morgan fingerprint density at radius 2 is 2.04 bits per heavy atom. The van der Waals surface area contributed by atoms with Gasteiger partial charge in [0, 0.05) is 19.1 Å². The van der Waals surface area contributed by atoms with Gasteiger partial charge in [0.15, 0.2) is 5.82 Å². The van der Waals surface area contributed by atoms with Crippen molar-refractivity contribution in [3.63, 3.8) is 0 Å². The van der Waals surface area contributed by atoms with Gasteiger partial charge in [-0.25, -0.2) is 23.1 Å². The van der Waals surface area contributed by atoms with Crippen molar-refractivity contribution in [1.29, 1.82) is 0 Å². The Balaban J connectivity index is 0.00000225. The molecule has 1 aromatic carbocycles. The minimum absolute atomic E-state index is 0. The molecule has 1 N–H and O–H groups in total. The van der Waals surface area contributed by atoms with Crippen LogP contribution in [0.4, 0.5) is 19.1 Å². The van der Waals surface area contributed by atoms with Gasteiger partial charge in [-0.3, -0.25) is 14.9 Å². The Kier molecular flexibility index (Phi) is 3.90. The minimum Gasteiger partial charge on any atom is -0.328 e. The van der Waals surface area contributed by atoms with E-state index in [1.807, 2.05) is 0 Å². The number of carbonyl (C=O) groups excluding carboxylic acids is 2. The number of carbonyl (C=O) groups is 2. The van der Waals surface area contributed by atoms with Gasteiger partial charge in [0.2, 0.25) is 11.9 Å². The Hall–Kier alpha value is -2.97. The third-order valence-electron chi connectivity index (χ3n) is 5.01. The van der Waals surface area contributed by atoms with Crippen LogP contribution in [-0.4, -0.2) is 45.9 Å². The lowest BCUT2D eigenvalue weighted by Crippen LogP contribution is -2.48. The number of aryl methyl sites for hydroxylation is 1. The molecule has 4 rings (SSSR count). The molecule has 2 aliphatic rings. The number of nitrogens with one attached hydrogen (secondary N) is 1. The first kappa shape index (κ1) is 17.4. The average molecular weight is 378 g/mol. The van der Waals surface area contributed by atoms with E-state index in [1.165, 1.54) is 17.0 Å². The zero-order valence-corrected chi connectivity index (χ0v) is 14.3. The smallest absolute Gasteiger partial charge is 0.254 e. The van der Waals surface area contributed by atoms with Crippen LogP contribution in [0.5, 0.6) is 0 Å². The molecule has 27 heavy (non-hydrogen) atoms. The van der Waals surface area contributed by atoms with Crippen LogP contribution in [0.15, 0.2) is 24.5 Å². The summed E-state index contributed by atoms with van der Waals surface area (Å²) in [6.45, 7) is 1.10. The molecule has 2 heterocycles. The van der Waals surface area contributed by atoms with Crippen LogP contribution in [0.3, 0.4) is 0 Å². The monoisotopic (exact) mass is 378 g/mol. The van der Waals surface area contributed by atoms with Gasteiger partial charge >= 0.3 is 0 Å². The third-order valence-corrected chi connectivity index (χ3v) is 5.01. The van der Waals surface area contributed by atoms with Gasteiger partial charge in [-0.2, -0.15) is 0 Å². The number of aromatic nitrogens is 2. The normalized spacial score (nSPS) is 23.3. The van der Waals surface area contributed by atoms with E-state index in [0.29, 0.717) is 5.56 Å². The second-order valence-corrected chi connectivity index (χ2v) is 6.88. The van der Waals surface area contributed by atoms with Crippen molar-refractivity contribution in [1.82, 2.24) is 14.9 Å². The van der Waals surface area contributed by atoms with E-state index in [9.17, 15) is 22.8 Å². The van der Waals surface area contributed by atoms with Crippen LogP contribution in [0.25, 0.3) is 0 Å². The van der Waals surface area contributed by atoms with Crippen LogP contribution in [0.1, 0.15) is 29.3 Å². The number of benzene rings is 1. The average Bonchev–Trinajstić information content (AvgIpc) is 3.26. The van der Waals surface area contributed by atoms with Crippen molar-refractivity contribution in [2.45, 2.75) is 24.9 Å². The maximum Gasteiger partial charge on any atom is 0.254 e. The Bertz CT molecular complexity index is 957. The van der Waals surface area contributed by atoms with Crippen molar-refractivity contribution in [2.24, 2.45) is 0 Å². The van der Waals surface area contributed by atoms with Gasteiger partial charge in [-0.15, -0.1) is 0 Å². The highest BCUT2D eigenvalue weighted by Gasteiger charge is 2.62. The fourth-order valence-electron chi connectivity index (χ4n) is 3.53. The summed E-state index contributed by atoms with van der Waals surface area (Å²) >= 11 is 0. The third kappa shape index (κ3) is 2.83. The summed E-state index contributed by atoms with van der Waals surface area (Å²) in [4.78, 5) is 33.3. The van der Waals surface area contributed by atoms with Crippen LogP contribution < -0.4 is 5.32 Å². The Morgan fingerprint density at radius 3 is 2.67 bits per heavy atom. The van der Waals surface area contributed by atoms with Crippen molar-refractivity contribution in [3.05, 3.63) is 52.9 Å². The molecule has 2 aromatic rings. The molecule has 0 radical (unpaired) electrons. The molecule has 142 valence electrons. The van der Waals surface area contributed by atoms with Crippen molar-refractivity contribution in [2.75, 3.05) is 18.4 Å². The van der Waals surface area contributed by atoms with Crippen molar-refractivity contribution >= 4 is 17.8 Å². The zero-order chi connectivity index (χ0) is 19.3. The lowest BCUT2D eigenvalue weighted by atomic mass is 9.84. The summed E-state index contributed by atoms with van der Waals surface area (Å²) in [5.41, 5.74) is -0.569. The number of hydrogen-bond acceptors (Lipinski definition) is 4. The minimum atomic E-state index is -1.27. The van der Waals surface area contributed by atoms with Crippen LogP contribution in [0, 0.1) is 18.6 Å². The van der Waals surface area contributed by atoms with Crippen LogP contribution in [0.2, 0.25) is 0 Å². The summed E-state index contributed by atoms with van der Waals surface area (Å²) in [6.07, 6.45) is 0.616. The molecule has 9 heteroatoms. The van der Waals surface area contributed by atoms with E-state index >= 15 is 0 Å². The first-order valence-corrected chi connectivity index (χ1v) is 8.32. The summed E-state index contributed by atoms with van der Waals surface area (Å²) in [7, 11) is 0. The first-order chi connectivity index (χ1) is 12.8. The summed E-state index contributed by atoms with van der Waals surface area (Å²) in [6, 6.07) is 2.93. The van der Waals surface area contributed by atoms with Gasteiger partial charge in [-0.05, 0) is 25.0 Å². The summed E-state index contributed by atoms with van der Waals surface area (Å²) < 4.78 is 41.6. The molecular weight excluding hydrogens is 361 g/mol. The van der Waals surface area contributed by atoms with E-state index in [2.05, 4.69) is 15.3 Å². The molecule has 1 unspecified atom stereocenters. The quantitative estimate of drug-likeness (QED) is 0.890. The number of fused-ring (bicyclic) bond motifs is 2. The number of rotatable bonds is 3. The lowest BCUT2D eigenvalue weighted by Gasteiger charge is -2.34. The van der Waals surface area contributed by atoms with E-state index in [1.54, 1.807) is 6.92 Å². The fraction of sp³-hybridized carbons (Fsp3) is 0.333. The number of amides is 2. The Morgan fingerprint density at radius 1 is 1.37 bits per heavy atom. The summed E-state index contributed by atoms with van der Waals surface area (Å²) in [5, 5.41) is 2.35. The molecule has 1 spiro atoms. The van der Waals surface area contributed by atoms with Gasteiger partial charge in [0.25, 0.3) is 5.91 Å². The molecule has 0 bridgehead atoms. The van der Waals surface area contributed by atoms with Gasteiger partial charge in [-0.1, -0.05) is 6.07 Å². The Labute approximate surface area is 153 Å². The maximum absolute atomic E-state index is 14.6. The predicted molar refractivity (Wildman–Crippen MR) is 91.0 cm³/mol. The number of hydrogen-bond donors (Lipinski definition) is 1. The second-order valence-electron chi connectivity index (χ2n) is 6.88. The highest BCUT2D eigenvalue weighted by molar-refractivity contribution is 6.01. The van der Waals surface area contributed by atoms with Gasteiger partial charge in [0.1, 0.15) is 18.5 Å². The molecule has 1 aromatic heterocycles. The fourth-order valence-corrected chi connectivity index (χ4v) is 3.53. The number of anilines is 1. The van der Waals surface area contributed by atoms with E-state index in [4.69, 9.17) is 0 Å². The topological polar surface area (TPSA) is 75.2 Å². The highest BCUT2D eigenvalue weighted by atomic mass is 19.1. The molecule has 2 amide bonds. The molecule has 1 aliphatic heterocycles. The number of halogens is 3. The standard InChI is InChI=1S/C18H15F3N4O2.H2/c1-9-2-3-11-14(15(9)21)18(4-12(18)20)8-25(16(11)27)7-13(26)24-17-22-5-10(19)6-23-17;/h2-3,5-6,12H,4,7-8H2,1H3,(H,22,23,24,26);1H/t12?,18-;/m1./s1. The first-order valence-electron chi connectivity index (χ1n) is 8.32. The van der Waals surface area contributed by atoms with Crippen LogP contribution >= 0.6 is 0 Å². The van der Waals surface area contributed by atoms with E-state index in [0.717, 1.165) is 12.4 Å². The molecule has 1 aliphatic carbocycles. The molecular formula is C18H17F3N4O2. The molecule has 1 fully saturated rings. The predicted octanol–water partition coefficient (Wildman–Crippen LogP) is 2.38. The number of alkyl halides is 1. The van der Waals surface area contributed by atoms with Crippen molar-refractivity contribution < 1.29 is 24.2 Å². The summed E-state index contributed by atoms with van der Waals surface area (Å²) in [5.74, 6) is -2.49. The van der Waals surface area contributed by atoms with E-state index in [-0.39, 0.29) is 38.0 Å². The van der Waals surface area contributed by atoms with E-state index < -0.39 is 35.0 Å². The van der Waals surface area contributed by atoms with Gasteiger partial charge in [0.05, 0.1) is 17.8 Å². The van der Waals surface area contributed by atoms with Gasteiger partial charge < -0.3 is 4.90 Å². The lowest BCUT2D eigenvalue weighted by molar-refractivity contribution is -0.117. The highest BCUT2D eigenvalue weighted by Crippen LogP contribution is 2.55. The maximum atomic E-state index is 14.6. The van der Waals surface area contributed by atoms with Crippen LogP contribution in [-0.2, 0) is 10.2 Å². The molecule has 1 saturated carbocycles. The second kappa shape index (κ2) is 6.04. The zero-order valence-electron chi connectivity index (χ0n) is 14.3. The number of nitrogens with zero attached hydrogens (tertiary/aromatic N) is 3.